The second-order valence-corrected chi connectivity index (χ2v) is 7.37. The van der Waals surface area contributed by atoms with Crippen molar-refractivity contribution >= 4 is 0 Å². The van der Waals surface area contributed by atoms with Crippen molar-refractivity contribution in [2.45, 2.75) is 33.0 Å². The molecule has 1 aliphatic heterocycles. The minimum Gasteiger partial charge on any atom is -0.493 e. The summed E-state index contributed by atoms with van der Waals surface area (Å²) in [6, 6.07) is 3.73. The second kappa shape index (κ2) is 10.00. The number of aliphatic hydroxyl groups is 1. The summed E-state index contributed by atoms with van der Waals surface area (Å²) in [7, 11) is 4.76. The Hall–Kier alpha value is -1.50. The van der Waals surface area contributed by atoms with Crippen LogP contribution in [0.3, 0.4) is 0 Å². The van der Waals surface area contributed by atoms with Crippen LogP contribution in [0.15, 0.2) is 12.1 Å². The molecule has 0 saturated carbocycles. The molecule has 0 bridgehead atoms. The molecule has 1 aromatic carbocycles. The van der Waals surface area contributed by atoms with Gasteiger partial charge in [0.05, 0.1) is 40.6 Å². The van der Waals surface area contributed by atoms with Crippen LogP contribution in [0, 0.1) is 11.8 Å². The highest BCUT2D eigenvalue weighted by molar-refractivity contribution is 5.53. The second-order valence-electron chi connectivity index (χ2n) is 7.37. The summed E-state index contributed by atoms with van der Waals surface area (Å²) in [6.45, 7) is 7.98. The van der Waals surface area contributed by atoms with Crippen molar-refractivity contribution in [2.75, 3.05) is 47.6 Å². The summed E-state index contributed by atoms with van der Waals surface area (Å²) in [6.07, 6.45) is 0.777. The summed E-state index contributed by atoms with van der Waals surface area (Å²) < 4.78 is 21.7. The number of methoxy groups -OCH3 is 3. The van der Waals surface area contributed by atoms with Gasteiger partial charge in [-0.25, -0.2) is 0 Å². The van der Waals surface area contributed by atoms with E-state index in [2.05, 4.69) is 18.7 Å². The first-order chi connectivity index (χ1) is 12.5. The lowest BCUT2D eigenvalue weighted by atomic mass is 9.92. The summed E-state index contributed by atoms with van der Waals surface area (Å²) in [5.41, 5.74) is 0.909. The molecule has 0 spiro atoms. The molecule has 1 aliphatic rings. The fraction of sp³-hybridized carbons (Fsp3) is 0.700. The van der Waals surface area contributed by atoms with Gasteiger partial charge in [-0.2, -0.15) is 0 Å². The van der Waals surface area contributed by atoms with Crippen molar-refractivity contribution in [3.8, 4) is 17.2 Å². The lowest BCUT2D eigenvalue weighted by molar-refractivity contribution is -0.000961. The molecule has 0 amide bonds. The van der Waals surface area contributed by atoms with Crippen LogP contribution in [0.2, 0.25) is 0 Å². The van der Waals surface area contributed by atoms with E-state index < -0.39 is 6.10 Å². The van der Waals surface area contributed by atoms with Crippen molar-refractivity contribution in [3.05, 3.63) is 17.7 Å². The quantitative estimate of drug-likeness (QED) is 0.724. The maximum absolute atomic E-state index is 10.3. The highest BCUT2D eigenvalue weighted by Gasteiger charge is 2.23. The fourth-order valence-corrected chi connectivity index (χ4v) is 3.82. The van der Waals surface area contributed by atoms with E-state index in [1.54, 1.807) is 21.3 Å². The highest BCUT2D eigenvalue weighted by Crippen LogP contribution is 2.38. The Labute approximate surface area is 157 Å². The molecular formula is C20H33NO5. The van der Waals surface area contributed by atoms with Crippen LogP contribution in [-0.2, 0) is 11.3 Å². The smallest absolute Gasteiger partial charge is 0.203 e. The van der Waals surface area contributed by atoms with E-state index in [9.17, 15) is 5.11 Å². The number of hydrogen-bond acceptors (Lipinski definition) is 6. The lowest BCUT2D eigenvalue weighted by Gasteiger charge is -2.35. The molecule has 6 nitrogen and oxygen atoms in total. The van der Waals surface area contributed by atoms with Gasteiger partial charge in [0.2, 0.25) is 5.75 Å². The highest BCUT2D eigenvalue weighted by atomic mass is 16.5. The largest absolute Gasteiger partial charge is 0.493 e. The molecule has 1 saturated heterocycles. The monoisotopic (exact) mass is 367 g/mol. The summed E-state index contributed by atoms with van der Waals surface area (Å²) in [5.74, 6) is 3.13. The van der Waals surface area contributed by atoms with Crippen LogP contribution in [0.1, 0.15) is 25.8 Å². The number of rotatable bonds is 9. The van der Waals surface area contributed by atoms with Crippen molar-refractivity contribution in [1.82, 2.24) is 4.90 Å². The van der Waals surface area contributed by atoms with Gasteiger partial charge in [-0.3, -0.25) is 0 Å². The zero-order chi connectivity index (χ0) is 19.1. The standard InChI is InChI=1S/C20H33NO5/c1-14-6-15(2)10-21(9-14)11-17(22)13-26-12-16-7-18(23-3)20(25-5)19(8-16)24-4/h7-8,14-15,17,22H,6,9-13H2,1-5H3/t14-,15-,17+/m0/s1. The predicted molar refractivity (Wildman–Crippen MR) is 101 cm³/mol. The molecule has 1 heterocycles. The molecule has 1 fully saturated rings. The van der Waals surface area contributed by atoms with Crippen molar-refractivity contribution in [1.29, 1.82) is 0 Å². The molecule has 0 unspecified atom stereocenters. The van der Waals surface area contributed by atoms with Gasteiger partial charge in [-0.1, -0.05) is 13.8 Å². The molecule has 0 aromatic heterocycles. The maximum atomic E-state index is 10.3. The zero-order valence-corrected chi connectivity index (χ0v) is 16.7. The van der Waals surface area contributed by atoms with Gasteiger partial charge in [0.15, 0.2) is 11.5 Å². The molecule has 0 aliphatic carbocycles. The maximum Gasteiger partial charge on any atom is 0.203 e. The molecule has 0 radical (unpaired) electrons. The lowest BCUT2D eigenvalue weighted by Crippen LogP contribution is -2.43. The third-order valence-corrected chi connectivity index (χ3v) is 4.72. The first-order valence-corrected chi connectivity index (χ1v) is 9.23. The van der Waals surface area contributed by atoms with Crippen molar-refractivity contribution in [3.63, 3.8) is 0 Å². The topological polar surface area (TPSA) is 60.4 Å². The minimum absolute atomic E-state index is 0.302. The van der Waals surface area contributed by atoms with Gasteiger partial charge in [0, 0.05) is 19.6 Å². The number of nitrogens with zero attached hydrogens (tertiary/aromatic N) is 1. The molecule has 1 N–H and O–H groups in total. The fourth-order valence-electron chi connectivity index (χ4n) is 3.82. The van der Waals surface area contributed by atoms with Crippen LogP contribution in [0.4, 0.5) is 0 Å². The molecule has 6 heteroatoms. The molecular weight excluding hydrogens is 334 g/mol. The van der Waals surface area contributed by atoms with E-state index >= 15 is 0 Å². The Morgan fingerprint density at radius 2 is 1.62 bits per heavy atom. The van der Waals surface area contributed by atoms with Gasteiger partial charge < -0.3 is 29.0 Å². The summed E-state index contributed by atoms with van der Waals surface area (Å²) in [4.78, 5) is 2.34. The molecule has 1 aromatic rings. The van der Waals surface area contributed by atoms with E-state index in [1.807, 2.05) is 12.1 Å². The first kappa shape index (κ1) is 20.8. The summed E-state index contributed by atoms with van der Waals surface area (Å²) >= 11 is 0. The van der Waals surface area contributed by atoms with E-state index in [-0.39, 0.29) is 0 Å². The average molecular weight is 367 g/mol. The number of benzene rings is 1. The number of β-amino-alcohol motifs (C(OH)–C–C–N with tert-alkyl or cyclic N) is 1. The third kappa shape index (κ3) is 5.76. The Morgan fingerprint density at radius 1 is 1.04 bits per heavy atom. The SMILES string of the molecule is COc1cc(COC[C@H](O)CN2C[C@@H](C)C[C@H](C)C2)cc(OC)c1OC. The normalized spacial score (nSPS) is 22.1. The molecule has 26 heavy (non-hydrogen) atoms. The van der Waals surface area contributed by atoms with Crippen molar-refractivity contribution < 1.29 is 24.1 Å². The van der Waals surface area contributed by atoms with E-state index in [0.29, 0.717) is 48.8 Å². The van der Waals surface area contributed by atoms with Gasteiger partial charge in [0.25, 0.3) is 0 Å². The Morgan fingerprint density at radius 3 is 2.12 bits per heavy atom. The first-order valence-electron chi connectivity index (χ1n) is 9.23. The number of likely N-dealkylation sites (tertiary alicyclic amines) is 1. The van der Waals surface area contributed by atoms with E-state index in [0.717, 1.165) is 18.7 Å². The van der Waals surface area contributed by atoms with Crippen LogP contribution in [0.25, 0.3) is 0 Å². The van der Waals surface area contributed by atoms with Gasteiger partial charge in [-0.15, -0.1) is 0 Å². The van der Waals surface area contributed by atoms with Gasteiger partial charge in [-0.05, 0) is 36.0 Å². The van der Waals surface area contributed by atoms with Crippen LogP contribution < -0.4 is 14.2 Å². The third-order valence-electron chi connectivity index (χ3n) is 4.72. The minimum atomic E-state index is -0.491. The summed E-state index contributed by atoms with van der Waals surface area (Å²) in [5, 5.41) is 10.3. The molecule has 3 atom stereocenters. The molecule has 148 valence electrons. The average Bonchev–Trinajstić information content (AvgIpc) is 2.59. The van der Waals surface area contributed by atoms with Gasteiger partial charge >= 0.3 is 0 Å². The van der Waals surface area contributed by atoms with Crippen LogP contribution >= 0.6 is 0 Å². The van der Waals surface area contributed by atoms with Gasteiger partial charge in [0.1, 0.15) is 0 Å². The van der Waals surface area contributed by atoms with Crippen LogP contribution in [0.5, 0.6) is 17.2 Å². The Kier molecular flexibility index (Phi) is 8.00. The van der Waals surface area contributed by atoms with E-state index in [4.69, 9.17) is 18.9 Å². The number of hydrogen-bond donors (Lipinski definition) is 1. The zero-order valence-electron chi connectivity index (χ0n) is 16.7. The van der Waals surface area contributed by atoms with Crippen molar-refractivity contribution in [2.24, 2.45) is 11.8 Å². The number of piperidine rings is 1. The van der Waals surface area contributed by atoms with Crippen LogP contribution in [-0.4, -0.2) is 63.7 Å². The number of aliphatic hydroxyl groups excluding tert-OH is 1. The van der Waals surface area contributed by atoms with E-state index in [1.165, 1.54) is 6.42 Å². The number of ether oxygens (including phenoxy) is 4. The molecule has 2 rings (SSSR count). The Balaban J connectivity index is 1.85. The Bertz CT molecular complexity index is 530. The predicted octanol–water partition coefficient (Wildman–Crippen LogP) is 2.57.